The van der Waals surface area contributed by atoms with E-state index >= 15 is 0 Å². The first-order chi connectivity index (χ1) is 13.8. The second-order valence-electron chi connectivity index (χ2n) is 6.60. The van der Waals surface area contributed by atoms with Crippen molar-refractivity contribution in [2.75, 3.05) is 10.6 Å². The molecule has 0 atom stereocenters. The van der Waals surface area contributed by atoms with E-state index in [4.69, 9.17) is 28.6 Å². The maximum absolute atomic E-state index is 12.5. The zero-order valence-electron chi connectivity index (χ0n) is 16.5. The molecule has 0 aliphatic rings. The summed E-state index contributed by atoms with van der Waals surface area (Å²) in [4.78, 5) is 24.2. The first-order valence-electron chi connectivity index (χ1n) is 9.27. The van der Waals surface area contributed by atoms with Gasteiger partial charge >= 0.3 is 0 Å². The largest absolute Gasteiger partial charge is 0.491 e. The van der Waals surface area contributed by atoms with Gasteiger partial charge < -0.3 is 15.4 Å². The number of ether oxygens (including phenoxy) is 1. The molecule has 0 fully saturated rings. The number of amides is 2. The minimum Gasteiger partial charge on any atom is -0.491 e. The second-order valence-corrected chi connectivity index (χ2v) is 7.41. The molecule has 0 heterocycles. The van der Waals surface area contributed by atoms with Gasteiger partial charge in [0.1, 0.15) is 5.75 Å². The standard InChI is InChI=1S/C21H24ClN3O3S/c1-4-6-19(26)23-15-9-10-17(22)18(12-15)24-21(29)25-20(27)14-7-5-8-16(11-14)28-13(2)3/h5,7-13H,4,6H2,1-3H3,(H,23,26)(H2,24,25,27,29). The molecule has 2 amide bonds. The fourth-order valence-corrected chi connectivity index (χ4v) is 2.83. The van der Waals surface area contributed by atoms with Crippen molar-refractivity contribution < 1.29 is 14.3 Å². The second kappa shape index (κ2) is 10.8. The molecule has 0 aliphatic heterocycles. The van der Waals surface area contributed by atoms with E-state index in [1.807, 2.05) is 20.8 Å². The number of hydrogen-bond donors (Lipinski definition) is 3. The van der Waals surface area contributed by atoms with Gasteiger partial charge in [-0.15, -0.1) is 0 Å². The zero-order valence-corrected chi connectivity index (χ0v) is 18.1. The third-order valence-corrected chi connectivity index (χ3v) is 4.20. The number of benzene rings is 2. The molecule has 6 nitrogen and oxygen atoms in total. The summed E-state index contributed by atoms with van der Waals surface area (Å²) in [7, 11) is 0. The minimum absolute atomic E-state index is 0.00305. The van der Waals surface area contributed by atoms with Gasteiger partial charge in [-0.25, -0.2) is 0 Å². The van der Waals surface area contributed by atoms with Crippen molar-refractivity contribution in [3.63, 3.8) is 0 Å². The van der Waals surface area contributed by atoms with Gasteiger partial charge in [0.05, 0.1) is 16.8 Å². The van der Waals surface area contributed by atoms with Gasteiger partial charge in [-0.1, -0.05) is 24.6 Å². The van der Waals surface area contributed by atoms with E-state index in [0.29, 0.717) is 34.1 Å². The Morgan fingerprint density at radius 2 is 1.90 bits per heavy atom. The summed E-state index contributed by atoms with van der Waals surface area (Å²) < 4.78 is 5.60. The van der Waals surface area contributed by atoms with Crippen molar-refractivity contribution in [3.8, 4) is 5.75 Å². The highest BCUT2D eigenvalue weighted by atomic mass is 35.5. The third-order valence-electron chi connectivity index (χ3n) is 3.67. The summed E-state index contributed by atoms with van der Waals surface area (Å²) in [5, 5.41) is 8.78. The maximum atomic E-state index is 12.5. The Morgan fingerprint density at radius 3 is 2.59 bits per heavy atom. The molecule has 154 valence electrons. The van der Waals surface area contributed by atoms with Gasteiger partial charge in [0.2, 0.25) is 5.91 Å². The molecular formula is C21H24ClN3O3S. The normalized spacial score (nSPS) is 10.4. The van der Waals surface area contributed by atoms with Crippen molar-refractivity contribution in [1.29, 1.82) is 0 Å². The Kier molecular flexibility index (Phi) is 8.42. The van der Waals surface area contributed by atoms with Crippen LogP contribution in [0.4, 0.5) is 11.4 Å². The number of carbonyl (C=O) groups excluding carboxylic acids is 2. The van der Waals surface area contributed by atoms with Gasteiger partial charge in [0, 0.05) is 17.7 Å². The average Bonchev–Trinajstić information content (AvgIpc) is 2.64. The van der Waals surface area contributed by atoms with E-state index in [2.05, 4.69) is 16.0 Å². The number of carbonyl (C=O) groups is 2. The lowest BCUT2D eigenvalue weighted by atomic mass is 10.2. The van der Waals surface area contributed by atoms with Crippen LogP contribution in [0, 0.1) is 0 Å². The molecule has 0 radical (unpaired) electrons. The quantitative estimate of drug-likeness (QED) is 0.536. The highest BCUT2D eigenvalue weighted by molar-refractivity contribution is 7.80. The Morgan fingerprint density at radius 1 is 1.14 bits per heavy atom. The summed E-state index contributed by atoms with van der Waals surface area (Å²) in [6.45, 7) is 5.75. The maximum Gasteiger partial charge on any atom is 0.257 e. The van der Waals surface area contributed by atoms with Gasteiger partial charge in [0.25, 0.3) is 5.91 Å². The average molecular weight is 434 g/mol. The van der Waals surface area contributed by atoms with Crippen LogP contribution in [0.15, 0.2) is 42.5 Å². The molecular weight excluding hydrogens is 410 g/mol. The first-order valence-corrected chi connectivity index (χ1v) is 10.1. The molecule has 0 saturated carbocycles. The van der Waals surface area contributed by atoms with Crippen LogP contribution < -0.4 is 20.7 Å². The summed E-state index contributed by atoms with van der Waals surface area (Å²) in [5.41, 5.74) is 1.48. The molecule has 2 rings (SSSR count). The summed E-state index contributed by atoms with van der Waals surface area (Å²) in [5.74, 6) is 0.144. The van der Waals surface area contributed by atoms with Crippen molar-refractivity contribution in [2.45, 2.75) is 39.7 Å². The van der Waals surface area contributed by atoms with E-state index in [1.54, 1.807) is 42.5 Å². The van der Waals surface area contributed by atoms with Crippen molar-refractivity contribution in [3.05, 3.63) is 53.1 Å². The Bertz CT molecular complexity index is 902. The van der Waals surface area contributed by atoms with Crippen LogP contribution in [0.3, 0.4) is 0 Å². The van der Waals surface area contributed by atoms with Gasteiger partial charge in [0.15, 0.2) is 5.11 Å². The molecule has 0 aliphatic carbocycles. The summed E-state index contributed by atoms with van der Waals surface area (Å²) in [6.07, 6.45) is 1.19. The van der Waals surface area contributed by atoms with E-state index in [9.17, 15) is 9.59 Å². The monoisotopic (exact) mass is 433 g/mol. The van der Waals surface area contributed by atoms with Crippen molar-refractivity contribution >= 4 is 52.1 Å². The Hall–Kier alpha value is -2.64. The van der Waals surface area contributed by atoms with Gasteiger partial charge in [-0.05, 0) is 68.9 Å². The fourth-order valence-electron chi connectivity index (χ4n) is 2.46. The molecule has 0 bridgehead atoms. The molecule has 2 aromatic carbocycles. The highest BCUT2D eigenvalue weighted by Crippen LogP contribution is 2.25. The predicted octanol–water partition coefficient (Wildman–Crippen LogP) is 4.99. The lowest BCUT2D eigenvalue weighted by Crippen LogP contribution is -2.34. The Labute approximate surface area is 181 Å². The Balaban J connectivity index is 2.03. The number of nitrogens with one attached hydrogen (secondary N) is 3. The molecule has 8 heteroatoms. The molecule has 29 heavy (non-hydrogen) atoms. The molecule has 0 aromatic heterocycles. The minimum atomic E-state index is -0.375. The van der Waals surface area contributed by atoms with Crippen LogP contribution >= 0.6 is 23.8 Å². The lowest BCUT2D eigenvalue weighted by Gasteiger charge is -2.14. The highest BCUT2D eigenvalue weighted by Gasteiger charge is 2.12. The number of thiocarbonyl (C=S) groups is 1. The third kappa shape index (κ3) is 7.36. The number of anilines is 2. The van der Waals surface area contributed by atoms with Crippen LogP contribution in [-0.2, 0) is 4.79 Å². The van der Waals surface area contributed by atoms with Gasteiger partial charge in [-0.2, -0.15) is 0 Å². The van der Waals surface area contributed by atoms with E-state index in [1.165, 1.54) is 0 Å². The summed E-state index contributed by atoms with van der Waals surface area (Å²) >= 11 is 11.4. The molecule has 0 spiro atoms. The zero-order chi connectivity index (χ0) is 21.4. The van der Waals surface area contributed by atoms with Gasteiger partial charge in [-0.3, -0.25) is 14.9 Å². The SMILES string of the molecule is CCCC(=O)Nc1ccc(Cl)c(NC(=S)NC(=O)c2cccc(OC(C)C)c2)c1. The van der Waals surface area contributed by atoms with Crippen molar-refractivity contribution in [1.82, 2.24) is 5.32 Å². The molecule has 2 aromatic rings. The fraction of sp³-hybridized carbons (Fsp3) is 0.286. The van der Waals surface area contributed by atoms with Crippen LogP contribution in [0.1, 0.15) is 44.0 Å². The first kappa shape index (κ1) is 22.6. The van der Waals surface area contributed by atoms with Crippen LogP contribution in [0.25, 0.3) is 0 Å². The van der Waals surface area contributed by atoms with Crippen molar-refractivity contribution in [2.24, 2.45) is 0 Å². The van der Waals surface area contributed by atoms with Crippen LogP contribution in [-0.4, -0.2) is 23.0 Å². The molecule has 3 N–H and O–H groups in total. The number of rotatable bonds is 7. The number of halogens is 1. The lowest BCUT2D eigenvalue weighted by molar-refractivity contribution is -0.116. The summed E-state index contributed by atoms with van der Waals surface area (Å²) in [6, 6.07) is 11.8. The van der Waals surface area contributed by atoms with E-state index in [0.717, 1.165) is 6.42 Å². The number of hydrogen-bond acceptors (Lipinski definition) is 4. The topological polar surface area (TPSA) is 79.5 Å². The van der Waals surface area contributed by atoms with E-state index in [-0.39, 0.29) is 23.0 Å². The molecule has 0 saturated heterocycles. The predicted molar refractivity (Wildman–Crippen MR) is 121 cm³/mol. The van der Waals surface area contributed by atoms with Crippen LogP contribution in [0.5, 0.6) is 5.75 Å². The smallest absolute Gasteiger partial charge is 0.257 e. The van der Waals surface area contributed by atoms with E-state index < -0.39 is 0 Å². The molecule has 0 unspecified atom stereocenters. The van der Waals surface area contributed by atoms with Crippen LogP contribution in [0.2, 0.25) is 5.02 Å².